The van der Waals surface area contributed by atoms with Crippen LogP contribution in [-0.4, -0.2) is 26.5 Å². The molecule has 0 spiro atoms. The predicted molar refractivity (Wildman–Crippen MR) is 73.6 cm³/mol. The highest BCUT2D eigenvalue weighted by atomic mass is 16.2. The largest absolute Gasteiger partial charge is 0.324 e. The minimum atomic E-state index is 0.0608. The van der Waals surface area contributed by atoms with Crippen LogP contribution in [0.5, 0.6) is 0 Å². The third kappa shape index (κ3) is 2.54. The van der Waals surface area contributed by atoms with Crippen LogP contribution in [0.2, 0.25) is 0 Å². The first kappa shape index (κ1) is 13.1. The summed E-state index contributed by atoms with van der Waals surface area (Å²) in [6.45, 7) is 0.913. The molecule has 18 heavy (non-hydrogen) atoms. The Bertz CT molecular complexity index is 445. The average molecular weight is 247 g/mol. The van der Waals surface area contributed by atoms with Gasteiger partial charge >= 0.3 is 0 Å². The van der Waals surface area contributed by atoms with E-state index in [1.54, 1.807) is 4.90 Å². The SMILES string of the molecule is CNCCC(N)c1ccc2c(c1)CCC(=O)N2C. The van der Waals surface area contributed by atoms with E-state index in [0.29, 0.717) is 6.42 Å². The number of nitrogens with zero attached hydrogens (tertiary/aromatic N) is 1. The molecular weight excluding hydrogens is 226 g/mol. The number of aryl methyl sites for hydroxylation is 1. The molecule has 1 amide bonds. The summed E-state index contributed by atoms with van der Waals surface area (Å²) >= 11 is 0. The van der Waals surface area contributed by atoms with Crippen molar-refractivity contribution in [3.63, 3.8) is 0 Å². The van der Waals surface area contributed by atoms with Gasteiger partial charge in [-0.15, -0.1) is 0 Å². The van der Waals surface area contributed by atoms with Gasteiger partial charge in [0.05, 0.1) is 0 Å². The van der Waals surface area contributed by atoms with Gasteiger partial charge in [0.1, 0.15) is 0 Å². The fraction of sp³-hybridized carbons (Fsp3) is 0.500. The van der Waals surface area contributed by atoms with E-state index in [9.17, 15) is 4.79 Å². The van der Waals surface area contributed by atoms with Crippen molar-refractivity contribution in [3.8, 4) is 0 Å². The molecule has 0 aromatic heterocycles. The lowest BCUT2D eigenvalue weighted by Crippen LogP contribution is -2.31. The Morgan fingerprint density at radius 1 is 1.44 bits per heavy atom. The predicted octanol–water partition coefficient (Wildman–Crippen LogP) is 1.20. The van der Waals surface area contributed by atoms with Crippen molar-refractivity contribution in [2.24, 2.45) is 5.73 Å². The van der Waals surface area contributed by atoms with Crippen molar-refractivity contribution < 1.29 is 4.79 Å². The van der Waals surface area contributed by atoms with Crippen LogP contribution in [0, 0.1) is 0 Å². The van der Waals surface area contributed by atoms with E-state index in [1.807, 2.05) is 26.2 Å². The summed E-state index contributed by atoms with van der Waals surface area (Å²) in [5.41, 5.74) is 9.57. The molecule has 1 unspecified atom stereocenters. The van der Waals surface area contributed by atoms with Crippen molar-refractivity contribution in [2.75, 3.05) is 25.5 Å². The van der Waals surface area contributed by atoms with Crippen LogP contribution < -0.4 is 16.0 Å². The number of carbonyl (C=O) groups is 1. The summed E-state index contributed by atoms with van der Waals surface area (Å²) < 4.78 is 0. The molecule has 4 heteroatoms. The molecule has 0 saturated heterocycles. The Hall–Kier alpha value is -1.39. The van der Waals surface area contributed by atoms with Gasteiger partial charge in [0.2, 0.25) is 5.91 Å². The van der Waals surface area contributed by atoms with Crippen molar-refractivity contribution in [1.82, 2.24) is 5.32 Å². The first-order valence-corrected chi connectivity index (χ1v) is 6.43. The number of nitrogens with one attached hydrogen (secondary N) is 1. The zero-order valence-corrected chi connectivity index (χ0v) is 11.1. The van der Waals surface area contributed by atoms with E-state index >= 15 is 0 Å². The van der Waals surface area contributed by atoms with Crippen LogP contribution in [0.3, 0.4) is 0 Å². The zero-order chi connectivity index (χ0) is 13.1. The summed E-state index contributed by atoms with van der Waals surface area (Å²) in [6.07, 6.45) is 2.34. The number of hydrogen-bond donors (Lipinski definition) is 2. The second kappa shape index (κ2) is 5.50. The number of nitrogens with two attached hydrogens (primary N) is 1. The fourth-order valence-corrected chi connectivity index (χ4v) is 2.37. The second-order valence-corrected chi connectivity index (χ2v) is 4.84. The molecule has 0 saturated carbocycles. The standard InChI is InChI=1S/C14H21N3O/c1-16-8-7-12(15)10-3-5-13-11(9-10)4-6-14(18)17(13)2/h3,5,9,12,16H,4,6-8,15H2,1-2H3. The summed E-state index contributed by atoms with van der Waals surface area (Å²) in [5.74, 6) is 0.190. The van der Waals surface area contributed by atoms with E-state index in [-0.39, 0.29) is 11.9 Å². The number of amides is 1. The highest BCUT2D eigenvalue weighted by molar-refractivity contribution is 5.95. The molecule has 0 aliphatic carbocycles. The van der Waals surface area contributed by atoms with Gasteiger partial charge < -0.3 is 16.0 Å². The minimum absolute atomic E-state index is 0.0608. The zero-order valence-electron chi connectivity index (χ0n) is 11.1. The van der Waals surface area contributed by atoms with Gasteiger partial charge in [-0.2, -0.15) is 0 Å². The number of anilines is 1. The Morgan fingerprint density at radius 3 is 2.94 bits per heavy atom. The molecule has 2 rings (SSSR count). The number of benzene rings is 1. The smallest absolute Gasteiger partial charge is 0.227 e. The van der Waals surface area contributed by atoms with Crippen LogP contribution in [0.4, 0.5) is 5.69 Å². The molecule has 1 aliphatic heterocycles. The number of rotatable bonds is 4. The number of carbonyl (C=O) groups excluding carboxylic acids is 1. The van der Waals surface area contributed by atoms with Crippen LogP contribution >= 0.6 is 0 Å². The van der Waals surface area contributed by atoms with E-state index in [1.165, 1.54) is 5.56 Å². The molecule has 1 heterocycles. The van der Waals surface area contributed by atoms with Crippen molar-refractivity contribution in [1.29, 1.82) is 0 Å². The van der Waals surface area contributed by atoms with E-state index < -0.39 is 0 Å². The van der Waals surface area contributed by atoms with Crippen molar-refractivity contribution in [2.45, 2.75) is 25.3 Å². The lowest BCUT2D eigenvalue weighted by atomic mass is 9.95. The molecule has 0 fully saturated rings. The highest BCUT2D eigenvalue weighted by Gasteiger charge is 2.21. The first-order chi connectivity index (χ1) is 8.63. The van der Waals surface area contributed by atoms with Crippen LogP contribution in [-0.2, 0) is 11.2 Å². The molecule has 1 aromatic rings. The Balaban J connectivity index is 2.20. The maximum atomic E-state index is 11.6. The van der Waals surface area contributed by atoms with Crippen LogP contribution in [0.25, 0.3) is 0 Å². The van der Waals surface area contributed by atoms with Crippen molar-refractivity contribution >= 4 is 11.6 Å². The lowest BCUT2D eigenvalue weighted by molar-refractivity contribution is -0.118. The van der Waals surface area contributed by atoms with Gasteiger partial charge in [0.25, 0.3) is 0 Å². The maximum Gasteiger partial charge on any atom is 0.227 e. The van der Waals surface area contributed by atoms with E-state index in [2.05, 4.69) is 11.4 Å². The monoisotopic (exact) mass is 247 g/mol. The van der Waals surface area contributed by atoms with Gasteiger partial charge in [-0.25, -0.2) is 0 Å². The highest BCUT2D eigenvalue weighted by Crippen LogP contribution is 2.29. The van der Waals surface area contributed by atoms with Gasteiger partial charge in [-0.3, -0.25) is 4.79 Å². The summed E-state index contributed by atoms with van der Waals surface area (Å²) in [7, 11) is 3.76. The van der Waals surface area contributed by atoms with Crippen LogP contribution in [0.15, 0.2) is 18.2 Å². The second-order valence-electron chi connectivity index (χ2n) is 4.84. The molecule has 1 aliphatic rings. The molecule has 98 valence electrons. The van der Waals surface area contributed by atoms with E-state index in [0.717, 1.165) is 30.6 Å². The van der Waals surface area contributed by atoms with Gasteiger partial charge in [-0.05, 0) is 43.6 Å². The lowest BCUT2D eigenvalue weighted by Gasteiger charge is -2.26. The quantitative estimate of drug-likeness (QED) is 0.840. The minimum Gasteiger partial charge on any atom is -0.324 e. The topological polar surface area (TPSA) is 58.4 Å². The Kier molecular flexibility index (Phi) is 3.99. The normalized spacial score (nSPS) is 16.6. The van der Waals surface area contributed by atoms with E-state index in [4.69, 9.17) is 5.73 Å². The van der Waals surface area contributed by atoms with Crippen LogP contribution in [0.1, 0.15) is 30.0 Å². The van der Waals surface area contributed by atoms with Gasteiger partial charge in [0, 0.05) is 25.2 Å². The van der Waals surface area contributed by atoms with Gasteiger partial charge in [-0.1, -0.05) is 12.1 Å². The Morgan fingerprint density at radius 2 is 2.22 bits per heavy atom. The first-order valence-electron chi connectivity index (χ1n) is 6.43. The molecule has 4 nitrogen and oxygen atoms in total. The number of fused-ring (bicyclic) bond motifs is 1. The number of hydrogen-bond acceptors (Lipinski definition) is 3. The van der Waals surface area contributed by atoms with Crippen molar-refractivity contribution in [3.05, 3.63) is 29.3 Å². The molecular formula is C14H21N3O. The molecule has 3 N–H and O–H groups in total. The molecule has 0 radical (unpaired) electrons. The van der Waals surface area contributed by atoms with Gasteiger partial charge in [0.15, 0.2) is 0 Å². The maximum absolute atomic E-state index is 11.6. The molecule has 1 aromatic carbocycles. The summed E-state index contributed by atoms with van der Waals surface area (Å²) in [6, 6.07) is 6.26. The fourth-order valence-electron chi connectivity index (χ4n) is 2.37. The Labute approximate surface area is 108 Å². The molecule has 1 atom stereocenters. The third-order valence-corrected chi connectivity index (χ3v) is 3.58. The summed E-state index contributed by atoms with van der Waals surface area (Å²) in [4.78, 5) is 13.3. The summed E-state index contributed by atoms with van der Waals surface area (Å²) in [5, 5.41) is 3.11. The molecule has 0 bridgehead atoms. The third-order valence-electron chi connectivity index (χ3n) is 3.58. The average Bonchev–Trinajstić information content (AvgIpc) is 2.40.